The van der Waals surface area contributed by atoms with E-state index < -0.39 is 10.0 Å². The molecule has 0 bridgehead atoms. The highest BCUT2D eigenvalue weighted by atomic mass is 35.5. The summed E-state index contributed by atoms with van der Waals surface area (Å²) in [5.74, 6) is -0.377. The molecule has 23 heavy (non-hydrogen) atoms. The van der Waals surface area contributed by atoms with Gasteiger partial charge in [-0.2, -0.15) is 0 Å². The minimum atomic E-state index is -3.40. The van der Waals surface area contributed by atoms with Gasteiger partial charge in [0.2, 0.25) is 10.0 Å². The standard InChI is InChI=1S/C15H14Cl2N2O3S/c1-9-3-5-11(8-14(9)19-23(2,21)22)18-15(20)10-4-6-12(16)13(17)7-10/h3-8,19H,1-2H3,(H,18,20). The number of sulfonamides is 1. The van der Waals surface area contributed by atoms with Crippen molar-refractivity contribution in [2.45, 2.75) is 6.92 Å². The number of anilines is 2. The van der Waals surface area contributed by atoms with E-state index in [2.05, 4.69) is 10.0 Å². The van der Waals surface area contributed by atoms with E-state index in [1.165, 1.54) is 12.1 Å². The molecular weight excluding hydrogens is 359 g/mol. The molecular formula is C15H14Cl2N2O3S. The van der Waals surface area contributed by atoms with Crippen molar-refractivity contribution in [1.82, 2.24) is 0 Å². The van der Waals surface area contributed by atoms with Crippen LogP contribution in [0.5, 0.6) is 0 Å². The van der Waals surface area contributed by atoms with Crippen LogP contribution in [0.2, 0.25) is 10.0 Å². The fourth-order valence-corrected chi connectivity index (χ4v) is 2.77. The van der Waals surface area contributed by atoms with Crippen molar-refractivity contribution in [3.63, 3.8) is 0 Å². The summed E-state index contributed by atoms with van der Waals surface area (Å²) < 4.78 is 25.1. The van der Waals surface area contributed by atoms with Gasteiger partial charge in [0.25, 0.3) is 5.91 Å². The predicted molar refractivity (Wildman–Crippen MR) is 94.1 cm³/mol. The van der Waals surface area contributed by atoms with Crippen LogP contribution in [0.15, 0.2) is 36.4 Å². The number of carbonyl (C=O) groups is 1. The Hall–Kier alpha value is -1.76. The van der Waals surface area contributed by atoms with Gasteiger partial charge in [-0.1, -0.05) is 29.3 Å². The maximum Gasteiger partial charge on any atom is 0.255 e. The first-order valence-electron chi connectivity index (χ1n) is 6.50. The minimum Gasteiger partial charge on any atom is -0.322 e. The molecule has 122 valence electrons. The van der Waals surface area contributed by atoms with Crippen molar-refractivity contribution < 1.29 is 13.2 Å². The Labute approximate surface area is 144 Å². The van der Waals surface area contributed by atoms with Gasteiger partial charge < -0.3 is 5.32 Å². The highest BCUT2D eigenvalue weighted by molar-refractivity contribution is 7.92. The molecule has 0 atom stereocenters. The predicted octanol–water partition coefficient (Wildman–Crippen LogP) is 3.93. The Morgan fingerprint density at radius 3 is 2.35 bits per heavy atom. The van der Waals surface area contributed by atoms with Crippen molar-refractivity contribution in [1.29, 1.82) is 0 Å². The molecule has 2 aromatic rings. The monoisotopic (exact) mass is 372 g/mol. The molecule has 5 nitrogen and oxygen atoms in total. The smallest absolute Gasteiger partial charge is 0.255 e. The summed E-state index contributed by atoms with van der Waals surface area (Å²) in [5.41, 5.74) is 1.94. The van der Waals surface area contributed by atoms with E-state index in [0.29, 0.717) is 22.0 Å². The van der Waals surface area contributed by atoms with Crippen LogP contribution < -0.4 is 10.0 Å². The number of halogens is 2. The highest BCUT2D eigenvalue weighted by Gasteiger charge is 2.11. The van der Waals surface area contributed by atoms with Crippen molar-refractivity contribution in [2.75, 3.05) is 16.3 Å². The lowest BCUT2D eigenvalue weighted by atomic mass is 10.1. The van der Waals surface area contributed by atoms with E-state index in [4.69, 9.17) is 23.2 Å². The lowest BCUT2D eigenvalue weighted by Crippen LogP contribution is -2.14. The van der Waals surface area contributed by atoms with Crippen LogP contribution in [0.4, 0.5) is 11.4 Å². The van der Waals surface area contributed by atoms with E-state index in [1.54, 1.807) is 31.2 Å². The number of rotatable bonds is 4. The number of nitrogens with one attached hydrogen (secondary N) is 2. The summed E-state index contributed by atoms with van der Waals surface area (Å²) in [7, 11) is -3.40. The molecule has 2 N–H and O–H groups in total. The van der Waals surface area contributed by atoms with Crippen LogP contribution in [0.3, 0.4) is 0 Å². The fourth-order valence-electron chi connectivity index (χ4n) is 1.85. The molecule has 0 heterocycles. The third-order valence-corrected chi connectivity index (χ3v) is 4.30. The molecule has 0 spiro atoms. The lowest BCUT2D eigenvalue weighted by Gasteiger charge is -2.11. The van der Waals surface area contributed by atoms with E-state index in [1.807, 2.05) is 0 Å². The summed E-state index contributed by atoms with van der Waals surface area (Å²) in [6.45, 7) is 1.76. The van der Waals surface area contributed by atoms with Crippen LogP contribution >= 0.6 is 23.2 Å². The second-order valence-corrected chi connectivity index (χ2v) is 7.55. The van der Waals surface area contributed by atoms with Gasteiger partial charge in [0.05, 0.1) is 22.0 Å². The first-order valence-corrected chi connectivity index (χ1v) is 9.15. The number of hydrogen-bond acceptors (Lipinski definition) is 3. The molecule has 0 unspecified atom stereocenters. The zero-order valence-corrected chi connectivity index (χ0v) is 14.7. The summed E-state index contributed by atoms with van der Waals surface area (Å²) in [4.78, 5) is 12.2. The van der Waals surface area contributed by atoms with Crippen molar-refractivity contribution >= 4 is 50.5 Å². The molecule has 0 aromatic heterocycles. The Morgan fingerprint density at radius 1 is 1.04 bits per heavy atom. The third kappa shape index (κ3) is 4.86. The Kier molecular flexibility index (Phi) is 5.19. The lowest BCUT2D eigenvalue weighted by molar-refractivity contribution is 0.102. The molecule has 0 aliphatic rings. The van der Waals surface area contributed by atoms with E-state index in [0.717, 1.165) is 11.8 Å². The summed E-state index contributed by atoms with van der Waals surface area (Å²) in [5, 5.41) is 3.32. The molecule has 2 aromatic carbocycles. The largest absolute Gasteiger partial charge is 0.322 e. The molecule has 0 saturated carbocycles. The van der Waals surface area contributed by atoms with Crippen LogP contribution in [-0.2, 0) is 10.0 Å². The Morgan fingerprint density at radius 2 is 1.74 bits per heavy atom. The molecule has 0 aliphatic carbocycles. The third-order valence-electron chi connectivity index (χ3n) is 2.97. The molecule has 0 radical (unpaired) electrons. The van der Waals surface area contributed by atoms with Crippen molar-refractivity contribution in [2.24, 2.45) is 0 Å². The van der Waals surface area contributed by atoms with E-state index >= 15 is 0 Å². The molecule has 1 amide bonds. The number of amides is 1. The van der Waals surface area contributed by atoms with Crippen LogP contribution in [-0.4, -0.2) is 20.6 Å². The molecule has 0 fully saturated rings. The van der Waals surface area contributed by atoms with Gasteiger partial charge in [-0.25, -0.2) is 8.42 Å². The van der Waals surface area contributed by atoms with Gasteiger partial charge in [-0.3, -0.25) is 9.52 Å². The van der Waals surface area contributed by atoms with E-state index in [-0.39, 0.29) is 10.9 Å². The SMILES string of the molecule is Cc1ccc(NC(=O)c2ccc(Cl)c(Cl)c2)cc1NS(C)(=O)=O. The van der Waals surface area contributed by atoms with E-state index in [9.17, 15) is 13.2 Å². The Balaban J connectivity index is 2.24. The van der Waals surface area contributed by atoms with Crippen molar-refractivity contribution in [3.05, 3.63) is 57.6 Å². The zero-order valence-electron chi connectivity index (χ0n) is 12.4. The molecule has 0 aliphatic heterocycles. The summed E-state index contributed by atoms with van der Waals surface area (Å²) in [6, 6.07) is 9.48. The maximum absolute atomic E-state index is 12.2. The van der Waals surface area contributed by atoms with Gasteiger partial charge in [-0.05, 0) is 42.8 Å². The average molecular weight is 373 g/mol. The van der Waals surface area contributed by atoms with Gasteiger partial charge in [0.15, 0.2) is 0 Å². The van der Waals surface area contributed by atoms with Crippen LogP contribution in [0.1, 0.15) is 15.9 Å². The maximum atomic E-state index is 12.2. The molecule has 8 heteroatoms. The molecule has 0 saturated heterocycles. The van der Waals surface area contributed by atoms with Crippen molar-refractivity contribution in [3.8, 4) is 0 Å². The number of aryl methyl sites for hydroxylation is 1. The Bertz CT molecular complexity index is 867. The number of hydrogen-bond donors (Lipinski definition) is 2. The average Bonchev–Trinajstić information content (AvgIpc) is 2.44. The second kappa shape index (κ2) is 6.78. The normalized spacial score (nSPS) is 11.1. The fraction of sp³-hybridized carbons (Fsp3) is 0.133. The first kappa shape index (κ1) is 17.6. The highest BCUT2D eigenvalue weighted by Crippen LogP contribution is 2.24. The summed E-state index contributed by atoms with van der Waals surface area (Å²) >= 11 is 11.7. The zero-order chi connectivity index (χ0) is 17.2. The first-order chi connectivity index (χ1) is 10.7. The topological polar surface area (TPSA) is 75.3 Å². The quantitative estimate of drug-likeness (QED) is 0.853. The van der Waals surface area contributed by atoms with Crippen LogP contribution in [0, 0.1) is 6.92 Å². The number of benzene rings is 2. The molecule has 2 rings (SSSR count). The van der Waals surface area contributed by atoms with Crippen LogP contribution in [0.25, 0.3) is 0 Å². The minimum absolute atomic E-state index is 0.280. The van der Waals surface area contributed by atoms with Gasteiger partial charge in [0.1, 0.15) is 0 Å². The van der Waals surface area contributed by atoms with Gasteiger partial charge >= 0.3 is 0 Å². The second-order valence-electron chi connectivity index (χ2n) is 4.99. The number of carbonyl (C=O) groups excluding carboxylic acids is 1. The van der Waals surface area contributed by atoms with Gasteiger partial charge in [-0.15, -0.1) is 0 Å². The summed E-state index contributed by atoms with van der Waals surface area (Å²) in [6.07, 6.45) is 1.06. The van der Waals surface area contributed by atoms with Gasteiger partial charge in [0, 0.05) is 11.3 Å².